The van der Waals surface area contributed by atoms with Gasteiger partial charge in [-0.2, -0.15) is 4.40 Å². The average molecular weight is 627 g/mol. The summed E-state index contributed by atoms with van der Waals surface area (Å²) in [6, 6.07) is 20.4. The van der Waals surface area contributed by atoms with E-state index in [4.69, 9.17) is 4.74 Å². The highest BCUT2D eigenvalue weighted by Gasteiger charge is 2.73. The smallest absolute Gasteiger partial charge is 0.235 e. The zero-order valence-electron chi connectivity index (χ0n) is 27.3. The van der Waals surface area contributed by atoms with Crippen LogP contribution in [-0.4, -0.2) is 71.7 Å². The Kier molecular flexibility index (Phi) is 5.62. The normalized spacial score (nSPS) is 32.7. The fraction of sp³-hybridized carbons (Fsp3) is 0.375. The Hall–Kier alpha value is -4.17. The second-order valence-electron chi connectivity index (χ2n) is 14.9. The number of piperidine rings is 1. The van der Waals surface area contributed by atoms with Crippen molar-refractivity contribution in [2.75, 3.05) is 38.8 Å². The summed E-state index contributed by atoms with van der Waals surface area (Å²) in [5, 5.41) is 25.2. The Morgan fingerprint density at radius 2 is 2.04 bits per heavy atom. The van der Waals surface area contributed by atoms with Gasteiger partial charge in [-0.05, 0) is 47.2 Å². The Morgan fingerprint density at radius 3 is 2.87 bits per heavy atom. The maximum absolute atomic E-state index is 12.8. The van der Waals surface area contributed by atoms with Crippen molar-refractivity contribution in [3.63, 3.8) is 0 Å². The predicted molar refractivity (Wildman–Crippen MR) is 184 cm³/mol. The van der Waals surface area contributed by atoms with E-state index in [1.807, 2.05) is 12.1 Å². The number of aromatic nitrogens is 2. The zero-order valence-corrected chi connectivity index (χ0v) is 27.3. The van der Waals surface area contributed by atoms with Gasteiger partial charge in [-0.3, -0.25) is 0 Å². The standard InChI is InChI=1S/C40H41N4O3/c1-4-23-20-42-15-12-25-35-30(9-7-11-33(35)47-3)41-37(25)32(42)18-26(23)28-21-43-31-10-6-5-8-29(31)40-14-16-44(2)22-24(13-17-45)27(19-34(40)44)36(38(28)46)39(40)43/h5-13,15,18,20-21,27,34,36,38-39,45-46H,4,14,16-17,19,22H2,1-3H3/q+1/p+1/b24-13-/t27-,34-,36-,38+,39-,40+,44?/m0/s1. The average Bonchev–Trinajstić information content (AvgIpc) is 3.73. The summed E-state index contributed by atoms with van der Waals surface area (Å²) < 4.78 is 9.03. The van der Waals surface area contributed by atoms with Gasteiger partial charge in [0.25, 0.3) is 0 Å². The van der Waals surface area contributed by atoms with Crippen molar-refractivity contribution in [2.24, 2.45) is 11.8 Å². The molecule has 2 saturated heterocycles. The number of methoxy groups -OCH3 is 1. The molecule has 7 atom stereocenters. The lowest BCUT2D eigenvalue weighted by Gasteiger charge is -2.59. The van der Waals surface area contributed by atoms with Crippen molar-refractivity contribution < 1.29 is 23.8 Å². The van der Waals surface area contributed by atoms with Gasteiger partial charge in [-0.1, -0.05) is 37.3 Å². The van der Waals surface area contributed by atoms with Gasteiger partial charge < -0.3 is 29.3 Å². The first-order valence-electron chi connectivity index (χ1n) is 17.3. The Morgan fingerprint density at radius 1 is 1.17 bits per heavy atom. The molecule has 1 spiro atoms. The lowest BCUT2D eigenvalue weighted by molar-refractivity contribution is -0.925. The number of aromatic amines is 1. The highest BCUT2D eigenvalue weighted by molar-refractivity contribution is 6.13. The van der Waals surface area contributed by atoms with E-state index in [0.29, 0.717) is 6.04 Å². The van der Waals surface area contributed by atoms with Crippen molar-refractivity contribution in [3.05, 3.63) is 102 Å². The summed E-state index contributed by atoms with van der Waals surface area (Å²) in [7, 11) is 4.17. The van der Waals surface area contributed by atoms with E-state index in [1.165, 1.54) is 22.4 Å². The molecule has 3 fully saturated rings. The maximum Gasteiger partial charge on any atom is 0.235 e. The fourth-order valence-electron chi connectivity index (χ4n) is 11.3. The van der Waals surface area contributed by atoms with Crippen LogP contribution in [0.2, 0.25) is 0 Å². The number of benzene rings is 2. The van der Waals surface area contributed by atoms with Crippen LogP contribution in [-0.2, 0) is 11.8 Å². The predicted octanol–water partition coefficient (Wildman–Crippen LogP) is 5.26. The molecule has 5 aromatic rings. The first kappa shape index (κ1) is 27.9. The molecule has 0 radical (unpaired) electrons. The molecule has 7 heterocycles. The van der Waals surface area contributed by atoms with Crippen molar-refractivity contribution in [1.29, 1.82) is 0 Å². The van der Waals surface area contributed by atoms with Crippen molar-refractivity contribution >= 4 is 38.6 Å². The second kappa shape index (κ2) is 9.47. The lowest BCUT2D eigenvalue weighted by Crippen LogP contribution is -2.70. The number of para-hydroxylation sites is 1. The molecule has 1 aliphatic carbocycles. The van der Waals surface area contributed by atoms with Crippen molar-refractivity contribution in [3.8, 4) is 5.75 Å². The van der Waals surface area contributed by atoms with Gasteiger partial charge in [-0.15, -0.1) is 0 Å². The number of hydrogen-bond donors (Lipinski definition) is 3. The number of aliphatic hydroxyl groups excluding tert-OH is 2. The third-order valence-corrected chi connectivity index (χ3v) is 13.1. The Labute approximate surface area is 274 Å². The molecule has 238 valence electrons. The number of nitrogens with one attached hydrogen (secondary N) is 1. The lowest BCUT2D eigenvalue weighted by atomic mass is 9.53. The minimum absolute atomic E-state index is 0.0165. The van der Waals surface area contributed by atoms with Crippen molar-refractivity contribution in [2.45, 2.75) is 49.8 Å². The molecule has 5 aliphatic rings. The topological polar surface area (TPSA) is 72.8 Å². The number of quaternary nitrogens is 1. The van der Waals surface area contributed by atoms with Gasteiger partial charge in [0, 0.05) is 64.7 Å². The number of pyridine rings is 2. The maximum atomic E-state index is 12.8. The summed E-state index contributed by atoms with van der Waals surface area (Å²) in [6.45, 7) is 4.35. The fourth-order valence-corrected chi connectivity index (χ4v) is 11.3. The van der Waals surface area contributed by atoms with Gasteiger partial charge in [0.2, 0.25) is 5.52 Å². The van der Waals surface area contributed by atoms with Crippen LogP contribution in [0.15, 0.2) is 84.8 Å². The number of hydrogen-bond acceptors (Lipinski definition) is 4. The summed E-state index contributed by atoms with van der Waals surface area (Å²) >= 11 is 0. The van der Waals surface area contributed by atoms with Gasteiger partial charge in [0.1, 0.15) is 23.9 Å². The van der Waals surface area contributed by atoms with Crippen LogP contribution < -0.4 is 14.0 Å². The second-order valence-corrected chi connectivity index (χ2v) is 14.9. The molecular formula is C40H42N4O3+2. The van der Waals surface area contributed by atoms with Gasteiger partial charge in [-0.25, -0.2) is 0 Å². The molecule has 3 aromatic heterocycles. The van der Waals surface area contributed by atoms with E-state index in [-0.39, 0.29) is 29.9 Å². The van der Waals surface area contributed by atoms with Crippen LogP contribution in [0.3, 0.4) is 0 Å². The van der Waals surface area contributed by atoms with Crippen LogP contribution in [0.1, 0.15) is 36.5 Å². The largest absolute Gasteiger partial charge is 0.496 e. The molecular weight excluding hydrogens is 584 g/mol. The Balaban J connectivity index is 1.23. The minimum atomic E-state index is -0.623. The molecule has 1 unspecified atom stereocenters. The van der Waals surface area contributed by atoms with E-state index >= 15 is 0 Å². The summed E-state index contributed by atoms with van der Waals surface area (Å²) in [6.07, 6.45) is 11.2. The molecule has 0 amide bonds. The first-order chi connectivity index (χ1) is 22.9. The molecule has 2 aromatic carbocycles. The van der Waals surface area contributed by atoms with E-state index < -0.39 is 6.10 Å². The van der Waals surface area contributed by atoms with E-state index in [0.717, 1.165) is 81.0 Å². The number of H-pyrrole nitrogens is 1. The minimum Gasteiger partial charge on any atom is -0.496 e. The number of fused-ring (bicyclic) bond motifs is 9. The summed E-state index contributed by atoms with van der Waals surface area (Å²) in [5.74, 6) is 1.13. The van der Waals surface area contributed by atoms with Crippen molar-refractivity contribution in [1.82, 2.24) is 4.98 Å². The number of aliphatic hydroxyl groups is 2. The molecule has 47 heavy (non-hydrogen) atoms. The van der Waals surface area contributed by atoms with Crippen LogP contribution in [0.25, 0.3) is 32.9 Å². The van der Waals surface area contributed by atoms with Crippen LogP contribution in [0.5, 0.6) is 5.75 Å². The molecule has 7 nitrogen and oxygen atoms in total. The zero-order chi connectivity index (χ0) is 31.8. The van der Waals surface area contributed by atoms with E-state index in [1.54, 1.807) is 7.11 Å². The number of ether oxygens (including phenoxy) is 1. The molecule has 1 saturated carbocycles. The third kappa shape index (κ3) is 3.35. The number of likely N-dealkylation sites (N-methyl/N-ethyl adjacent to an activating group) is 1. The number of rotatable bonds is 4. The van der Waals surface area contributed by atoms with Gasteiger partial charge in [0.05, 0.1) is 50.4 Å². The van der Waals surface area contributed by atoms with Crippen LogP contribution in [0.4, 0.5) is 5.69 Å². The first-order valence-corrected chi connectivity index (χ1v) is 17.3. The highest BCUT2D eigenvalue weighted by atomic mass is 16.5. The monoisotopic (exact) mass is 626 g/mol. The van der Waals surface area contributed by atoms with E-state index in [2.05, 4.69) is 95.4 Å². The Bertz CT molecular complexity index is 2220. The molecule has 3 N–H and O–H groups in total. The van der Waals surface area contributed by atoms with Crippen LogP contribution >= 0.6 is 0 Å². The molecule has 10 rings (SSSR count). The number of aryl methyl sites for hydroxylation is 1. The summed E-state index contributed by atoms with van der Waals surface area (Å²) in [5.41, 5.74) is 10.7. The van der Waals surface area contributed by atoms with Gasteiger partial charge in [0.15, 0.2) is 12.4 Å². The van der Waals surface area contributed by atoms with E-state index in [9.17, 15) is 10.2 Å². The quantitative estimate of drug-likeness (QED) is 0.145. The van der Waals surface area contributed by atoms with Gasteiger partial charge >= 0.3 is 0 Å². The summed E-state index contributed by atoms with van der Waals surface area (Å²) in [4.78, 5) is 6.28. The number of anilines is 1. The molecule has 4 aliphatic heterocycles. The SMILES string of the molecule is CCc1c[n+]2ccc3c([nH]c4cccc(OC)c43)c2cc1C1=CN2c3ccccc3[C@]34CC[N+]5(C)C/C(=C/CO)[C@H](C[C@@H]35)[C@@H]([C@@H]1O)[C@H]24. The highest BCUT2D eigenvalue weighted by Crippen LogP contribution is 2.67. The number of nitrogens with zero attached hydrogens (tertiary/aromatic N) is 3. The molecule has 7 heteroatoms. The molecule has 2 bridgehead atoms. The van der Waals surface area contributed by atoms with Crippen LogP contribution in [0, 0.1) is 11.8 Å². The third-order valence-electron chi connectivity index (χ3n) is 13.1.